The number of benzene rings is 1. The molecule has 0 aliphatic heterocycles. The number of methoxy groups -OCH3 is 1. The lowest BCUT2D eigenvalue weighted by molar-refractivity contribution is 0.0530. The van der Waals surface area contributed by atoms with E-state index in [4.69, 9.17) is 9.47 Å². The van der Waals surface area contributed by atoms with Crippen molar-refractivity contribution in [3.05, 3.63) is 23.8 Å². The molecule has 23 heavy (non-hydrogen) atoms. The topological polar surface area (TPSA) is 62.8 Å². The second-order valence-corrected chi connectivity index (χ2v) is 6.63. The molecule has 0 heterocycles. The third kappa shape index (κ3) is 7.74. The van der Waals surface area contributed by atoms with Crippen molar-refractivity contribution in [3.8, 4) is 5.75 Å². The number of nitrogens with one attached hydrogen (secondary N) is 2. The summed E-state index contributed by atoms with van der Waals surface area (Å²) in [6, 6.07) is 6.05. The number of rotatable bonds is 7. The summed E-state index contributed by atoms with van der Waals surface area (Å²) in [6.07, 6.45) is -0.410. The van der Waals surface area contributed by atoms with E-state index in [1.807, 2.05) is 47.0 Å². The molecule has 1 aromatic carbocycles. The summed E-state index contributed by atoms with van der Waals surface area (Å²) >= 11 is 0. The van der Waals surface area contributed by atoms with Gasteiger partial charge in [-0.2, -0.15) is 0 Å². The summed E-state index contributed by atoms with van der Waals surface area (Å²) < 4.78 is 10.6. The first-order chi connectivity index (χ1) is 10.7. The van der Waals surface area contributed by atoms with Gasteiger partial charge in [0.2, 0.25) is 0 Å². The van der Waals surface area contributed by atoms with Crippen LogP contribution >= 0.6 is 0 Å². The molecular weight excluding hydrogens is 294 g/mol. The SMILES string of the molecule is COc1ccc(CN(C)C)cc1NCCNC(=O)OC(C)(C)C. The average molecular weight is 323 g/mol. The van der Waals surface area contributed by atoms with E-state index in [-0.39, 0.29) is 0 Å². The molecule has 0 spiro atoms. The summed E-state index contributed by atoms with van der Waals surface area (Å²) in [5, 5.41) is 6.00. The Balaban J connectivity index is 2.51. The molecule has 0 fully saturated rings. The standard InChI is InChI=1S/C17H29N3O3/c1-17(2,3)23-16(21)19-10-9-18-14-11-13(12-20(4)5)7-8-15(14)22-6/h7-8,11,18H,9-10,12H2,1-6H3,(H,19,21). The molecule has 0 saturated heterocycles. The maximum Gasteiger partial charge on any atom is 0.407 e. The van der Waals surface area contributed by atoms with E-state index in [9.17, 15) is 4.79 Å². The Hall–Kier alpha value is -1.95. The maximum atomic E-state index is 11.6. The minimum Gasteiger partial charge on any atom is -0.495 e. The molecule has 130 valence electrons. The van der Waals surface area contributed by atoms with Gasteiger partial charge in [-0.05, 0) is 52.6 Å². The minimum absolute atomic E-state index is 0.410. The molecule has 0 aliphatic rings. The highest BCUT2D eigenvalue weighted by Crippen LogP contribution is 2.25. The molecule has 1 aromatic rings. The normalized spacial score (nSPS) is 11.3. The molecule has 6 nitrogen and oxygen atoms in total. The predicted molar refractivity (Wildman–Crippen MR) is 93.1 cm³/mol. The van der Waals surface area contributed by atoms with Crippen molar-refractivity contribution < 1.29 is 14.3 Å². The summed E-state index contributed by atoms with van der Waals surface area (Å²) in [5.74, 6) is 0.782. The molecule has 0 aliphatic carbocycles. The van der Waals surface area contributed by atoms with Gasteiger partial charge in [0.25, 0.3) is 0 Å². The molecule has 0 radical (unpaired) electrons. The highest BCUT2D eigenvalue weighted by Gasteiger charge is 2.15. The van der Waals surface area contributed by atoms with E-state index < -0.39 is 11.7 Å². The summed E-state index contributed by atoms with van der Waals surface area (Å²) in [5.41, 5.74) is 1.62. The number of alkyl carbamates (subject to hydrolysis) is 1. The smallest absolute Gasteiger partial charge is 0.407 e. The van der Waals surface area contributed by atoms with Crippen LogP contribution in [0.4, 0.5) is 10.5 Å². The van der Waals surface area contributed by atoms with E-state index in [1.165, 1.54) is 5.56 Å². The van der Waals surface area contributed by atoms with Crippen molar-refractivity contribution in [3.63, 3.8) is 0 Å². The zero-order chi connectivity index (χ0) is 17.5. The second kappa shape index (κ2) is 8.62. The fraction of sp³-hybridized carbons (Fsp3) is 0.588. The Kier molecular flexibility index (Phi) is 7.16. The fourth-order valence-electron chi connectivity index (χ4n) is 2.03. The van der Waals surface area contributed by atoms with Gasteiger partial charge < -0.3 is 25.0 Å². The molecular formula is C17H29N3O3. The molecule has 6 heteroatoms. The van der Waals surface area contributed by atoms with Crippen LogP contribution in [0.3, 0.4) is 0 Å². The van der Waals surface area contributed by atoms with E-state index >= 15 is 0 Å². The second-order valence-electron chi connectivity index (χ2n) is 6.63. The number of anilines is 1. The lowest BCUT2D eigenvalue weighted by Crippen LogP contribution is -2.35. The Morgan fingerprint density at radius 2 is 1.91 bits per heavy atom. The van der Waals surface area contributed by atoms with Gasteiger partial charge in [0.1, 0.15) is 11.4 Å². The van der Waals surface area contributed by atoms with Gasteiger partial charge in [0.15, 0.2) is 0 Å². The lowest BCUT2D eigenvalue weighted by Gasteiger charge is -2.20. The van der Waals surface area contributed by atoms with Crippen LogP contribution in [0.25, 0.3) is 0 Å². The molecule has 0 bridgehead atoms. The first-order valence-corrected chi connectivity index (χ1v) is 7.73. The Bertz CT molecular complexity index is 510. The molecule has 1 amide bonds. The number of hydrogen-bond donors (Lipinski definition) is 2. The Morgan fingerprint density at radius 3 is 2.48 bits per heavy atom. The van der Waals surface area contributed by atoms with Gasteiger partial charge in [-0.3, -0.25) is 0 Å². The van der Waals surface area contributed by atoms with Crippen molar-refractivity contribution in [1.29, 1.82) is 0 Å². The van der Waals surface area contributed by atoms with E-state index in [1.54, 1.807) is 7.11 Å². The quantitative estimate of drug-likeness (QED) is 0.756. The van der Waals surface area contributed by atoms with Gasteiger partial charge in [-0.1, -0.05) is 6.07 Å². The number of nitrogens with zero attached hydrogens (tertiary/aromatic N) is 1. The highest BCUT2D eigenvalue weighted by molar-refractivity contribution is 5.67. The predicted octanol–water partition coefficient (Wildman–Crippen LogP) is 2.69. The van der Waals surface area contributed by atoms with Gasteiger partial charge in [0.05, 0.1) is 12.8 Å². The summed E-state index contributed by atoms with van der Waals surface area (Å²) in [4.78, 5) is 13.7. The van der Waals surface area contributed by atoms with Gasteiger partial charge >= 0.3 is 6.09 Å². The van der Waals surface area contributed by atoms with Crippen molar-refractivity contribution in [2.75, 3.05) is 39.6 Å². The van der Waals surface area contributed by atoms with Crippen molar-refractivity contribution in [1.82, 2.24) is 10.2 Å². The van der Waals surface area contributed by atoms with Gasteiger partial charge in [-0.15, -0.1) is 0 Å². The van der Waals surface area contributed by atoms with Gasteiger partial charge in [0, 0.05) is 19.6 Å². The van der Waals surface area contributed by atoms with Crippen LogP contribution < -0.4 is 15.4 Å². The molecule has 1 rings (SSSR count). The Labute approximate surface area is 139 Å². The average Bonchev–Trinajstić information content (AvgIpc) is 2.41. The third-order valence-corrected chi connectivity index (χ3v) is 2.87. The van der Waals surface area contributed by atoms with Crippen molar-refractivity contribution in [2.24, 2.45) is 0 Å². The highest BCUT2D eigenvalue weighted by atomic mass is 16.6. The van der Waals surface area contributed by atoms with Crippen LogP contribution in [0.1, 0.15) is 26.3 Å². The lowest BCUT2D eigenvalue weighted by atomic mass is 10.1. The van der Waals surface area contributed by atoms with Crippen LogP contribution in [0.2, 0.25) is 0 Å². The van der Waals surface area contributed by atoms with E-state index in [0.717, 1.165) is 18.0 Å². The fourth-order valence-corrected chi connectivity index (χ4v) is 2.03. The Morgan fingerprint density at radius 1 is 1.22 bits per heavy atom. The first-order valence-electron chi connectivity index (χ1n) is 7.73. The number of hydrogen-bond acceptors (Lipinski definition) is 5. The monoisotopic (exact) mass is 323 g/mol. The zero-order valence-electron chi connectivity index (χ0n) is 15.0. The largest absolute Gasteiger partial charge is 0.495 e. The molecule has 0 unspecified atom stereocenters. The molecule has 0 aromatic heterocycles. The van der Waals surface area contributed by atoms with Gasteiger partial charge in [-0.25, -0.2) is 4.79 Å². The van der Waals surface area contributed by atoms with E-state index in [0.29, 0.717) is 13.1 Å². The van der Waals surface area contributed by atoms with Crippen LogP contribution in [-0.4, -0.2) is 50.9 Å². The van der Waals surface area contributed by atoms with Crippen LogP contribution in [-0.2, 0) is 11.3 Å². The minimum atomic E-state index is -0.485. The molecule has 0 saturated carbocycles. The maximum absolute atomic E-state index is 11.6. The van der Waals surface area contributed by atoms with Crippen LogP contribution in [0.5, 0.6) is 5.75 Å². The third-order valence-electron chi connectivity index (χ3n) is 2.87. The number of carbonyl (C=O) groups excluding carboxylic acids is 1. The summed E-state index contributed by atoms with van der Waals surface area (Å²) in [7, 11) is 5.70. The number of ether oxygens (including phenoxy) is 2. The first kappa shape index (κ1) is 19.1. The van der Waals surface area contributed by atoms with Crippen molar-refractivity contribution >= 4 is 11.8 Å². The van der Waals surface area contributed by atoms with Crippen LogP contribution in [0.15, 0.2) is 18.2 Å². The van der Waals surface area contributed by atoms with E-state index in [2.05, 4.69) is 21.6 Å². The zero-order valence-corrected chi connectivity index (χ0v) is 15.0. The van der Waals surface area contributed by atoms with Crippen LogP contribution in [0, 0.1) is 0 Å². The number of amides is 1. The molecule has 0 atom stereocenters. The van der Waals surface area contributed by atoms with Crippen molar-refractivity contribution in [2.45, 2.75) is 32.9 Å². The summed E-state index contributed by atoms with van der Waals surface area (Å²) in [6.45, 7) is 7.43. The number of carbonyl (C=O) groups is 1. The molecule has 2 N–H and O–H groups in total.